The molecular formula is C20H24ClN3O3. The standard InChI is InChI=1S/C20H24ClN3O3/c1-26-18-8-7-16(13-19(18)27-2)23-9-11-24(12-10-23)20(25)22-14-15-5-3-4-6-17(15)21/h3-8,13H,9-12,14H2,1-2H3,(H,22,25). The summed E-state index contributed by atoms with van der Waals surface area (Å²) < 4.78 is 10.7. The van der Waals surface area contributed by atoms with Crippen LogP contribution in [0.15, 0.2) is 42.5 Å². The fourth-order valence-electron chi connectivity index (χ4n) is 3.11. The second kappa shape index (κ2) is 8.86. The van der Waals surface area contributed by atoms with Crippen molar-refractivity contribution >= 4 is 23.3 Å². The second-order valence-corrected chi connectivity index (χ2v) is 6.67. The van der Waals surface area contributed by atoms with Crippen LogP contribution in [0, 0.1) is 0 Å². The number of ether oxygens (including phenoxy) is 2. The Balaban J connectivity index is 1.54. The fraction of sp³-hybridized carbons (Fsp3) is 0.350. The highest BCUT2D eigenvalue weighted by atomic mass is 35.5. The number of hydrogen-bond donors (Lipinski definition) is 1. The molecule has 3 rings (SSSR count). The van der Waals surface area contributed by atoms with Crippen molar-refractivity contribution < 1.29 is 14.3 Å². The molecule has 0 aliphatic carbocycles. The molecule has 0 radical (unpaired) electrons. The van der Waals surface area contributed by atoms with Crippen LogP contribution in [0.4, 0.5) is 10.5 Å². The number of hydrogen-bond acceptors (Lipinski definition) is 4. The molecule has 0 bridgehead atoms. The van der Waals surface area contributed by atoms with E-state index in [0.29, 0.717) is 36.2 Å². The first-order valence-electron chi connectivity index (χ1n) is 8.85. The van der Waals surface area contributed by atoms with Crippen LogP contribution in [-0.2, 0) is 6.54 Å². The molecule has 1 heterocycles. The van der Waals surface area contributed by atoms with Crippen molar-refractivity contribution in [2.75, 3.05) is 45.3 Å². The van der Waals surface area contributed by atoms with Crippen molar-refractivity contribution in [3.63, 3.8) is 0 Å². The van der Waals surface area contributed by atoms with Crippen LogP contribution < -0.4 is 19.7 Å². The number of rotatable bonds is 5. The summed E-state index contributed by atoms with van der Waals surface area (Å²) in [6.07, 6.45) is 0. The summed E-state index contributed by atoms with van der Waals surface area (Å²) in [6, 6.07) is 13.3. The van der Waals surface area contributed by atoms with E-state index in [4.69, 9.17) is 21.1 Å². The highest BCUT2D eigenvalue weighted by Crippen LogP contribution is 2.31. The summed E-state index contributed by atoms with van der Waals surface area (Å²) >= 11 is 6.14. The van der Waals surface area contributed by atoms with Crippen LogP contribution in [-0.4, -0.2) is 51.3 Å². The number of amides is 2. The van der Waals surface area contributed by atoms with Crippen molar-refractivity contribution in [2.24, 2.45) is 0 Å². The molecule has 1 saturated heterocycles. The number of urea groups is 1. The monoisotopic (exact) mass is 389 g/mol. The van der Waals surface area contributed by atoms with Crippen LogP contribution in [0.2, 0.25) is 5.02 Å². The third-order valence-corrected chi connectivity index (χ3v) is 5.06. The van der Waals surface area contributed by atoms with Crippen LogP contribution >= 0.6 is 11.6 Å². The Morgan fingerprint density at radius 1 is 1.04 bits per heavy atom. The molecule has 1 aliphatic heterocycles. The van der Waals surface area contributed by atoms with Gasteiger partial charge in [-0.25, -0.2) is 4.79 Å². The van der Waals surface area contributed by atoms with Crippen LogP contribution in [0.3, 0.4) is 0 Å². The number of nitrogens with zero attached hydrogens (tertiary/aromatic N) is 2. The summed E-state index contributed by atoms with van der Waals surface area (Å²) in [5, 5.41) is 3.61. The number of halogens is 1. The van der Waals surface area contributed by atoms with Crippen molar-refractivity contribution in [1.82, 2.24) is 10.2 Å². The molecule has 0 atom stereocenters. The second-order valence-electron chi connectivity index (χ2n) is 6.26. The highest BCUT2D eigenvalue weighted by molar-refractivity contribution is 6.31. The smallest absolute Gasteiger partial charge is 0.317 e. The SMILES string of the molecule is COc1ccc(N2CCN(C(=O)NCc3ccccc3Cl)CC2)cc1OC. The van der Waals surface area contributed by atoms with E-state index in [2.05, 4.69) is 10.2 Å². The van der Waals surface area contributed by atoms with Crippen molar-refractivity contribution in [1.29, 1.82) is 0 Å². The molecule has 1 N–H and O–H groups in total. The van der Waals surface area contributed by atoms with Gasteiger partial charge in [0, 0.05) is 49.5 Å². The van der Waals surface area contributed by atoms with Gasteiger partial charge in [-0.15, -0.1) is 0 Å². The fourth-order valence-corrected chi connectivity index (χ4v) is 3.32. The van der Waals surface area contributed by atoms with Gasteiger partial charge in [0.15, 0.2) is 11.5 Å². The minimum absolute atomic E-state index is 0.0677. The van der Waals surface area contributed by atoms with Crippen LogP contribution in [0.25, 0.3) is 0 Å². The van der Waals surface area contributed by atoms with Crippen LogP contribution in [0.1, 0.15) is 5.56 Å². The molecule has 7 heteroatoms. The quantitative estimate of drug-likeness (QED) is 0.851. The molecule has 0 unspecified atom stereocenters. The number of anilines is 1. The molecule has 2 aromatic carbocycles. The summed E-state index contributed by atoms with van der Waals surface area (Å²) in [4.78, 5) is 16.5. The summed E-state index contributed by atoms with van der Waals surface area (Å²) in [7, 11) is 3.25. The molecule has 0 aromatic heterocycles. The predicted octanol–water partition coefficient (Wildman–Crippen LogP) is 3.39. The number of nitrogens with one attached hydrogen (secondary N) is 1. The van der Waals surface area contributed by atoms with Gasteiger partial charge in [-0.3, -0.25) is 0 Å². The first kappa shape index (κ1) is 19.2. The Kier molecular flexibility index (Phi) is 6.29. The number of carbonyl (C=O) groups excluding carboxylic acids is 1. The molecule has 2 amide bonds. The molecule has 1 fully saturated rings. The highest BCUT2D eigenvalue weighted by Gasteiger charge is 2.22. The largest absolute Gasteiger partial charge is 0.493 e. The molecule has 6 nitrogen and oxygen atoms in total. The molecule has 2 aromatic rings. The van der Waals surface area contributed by atoms with Gasteiger partial charge in [0.05, 0.1) is 14.2 Å². The van der Waals surface area contributed by atoms with Gasteiger partial charge in [-0.05, 0) is 23.8 Å². The van der Waals surface area contributed by atoms with E-state index >= 15 is 0 Å². The topological polar surface area (TPSA) is 54.0 Å². The Labute approximate surface area is 164 Å². The van der Waals surface area contributed by atoms with Gasteiger partial charge >= 0.3 is 6.03 Å². The number of benzene rings is 2. The zero-order chi connectivity index (χ0) is 19.2. The first-order chi connectivity index (χ1) is 13.1. The van der Waals surface area contributed by atoms with Crippen molar-refractivity contribution in [3.8, 4) is 11.5 Å². The molecule has 1 aliphatic rings. The van der Waals surface area contributed by atoms with Gasteiger partial charge in [-0.2, -0.15) is 0 Å². The lowest BCUT2D eigenvalue weighted by Crippen LogP contribution is -2.51. The first-order valence-corrected chi connectivity index (χ1v) is 9.23. The zero-order valence-electron chi connectivity index (χ0n) is 15.6. The Morgan fingerprint density at radius 3 is 2.41 bits per heavy atom. The lowest BCUT2D eigenvalue weighted by molar-refractivity contribution is 0.194. The van der Waals surface area contributed by atoms with Crippen molar-refractivity contribution in [2.45, 2.75) is 6.54 Å². The van der Waals surface area contributed by atoms with E-state index in [9.17, 15) is 4.79 Å². The van der Waals surface area contributed by atoms with E-state index in [1.54, 1.807) is 14.2 Å². The summed E-state index contributed by atoms with van der Waals surface area (Å²) in [6.45, 7) is 3.25. The Bertz CT molecular complexity index is 792. The molecule has 0 spiro atoms. The molecular weight excluding hydrogens is 366 g/mol. The van der Waals surface area contributed by atoms with E-state index in [1.165, 1.54) is 0 Å². The predicted molar refractivity (Wildman–Crippen MR) is 107 cm³/mol. The van der Waals surface area contributed by atoms with Gasteiger partial charge in [0.2, 0.25) is 0 Å². The maximum Gasteiger partial charge on any atom is 0.317 e. The van der Waals surface area contributed by atoms with Gasteiger partial charge in [-0.1, -0.05) is 29.8 Å². The van der Waals surface area contributed by atoms with Gasteiger partial charge in [0.25, 0.3) is 0 Å². The lowest BCUT2D eigenvalue weighted by Gasteiger charge is -2.36. The molecule has 144 valence electrons. The average Bonchev–Trinajstić information content (AvgIpc) is 2.72. The molecule has 27 heavy (non-hydrogen) atoms. The number of piperazine rings is 1. The average molecular weight is 390 g/mol. The zero-order valence-corrected chi connectivity index (χ0v) is 16.3. The lowest BCUT2D eigenvalue weighted by atomic mass is 10.2. The van der Waals surface area contributed by atoms with E-state index in [0.717, 1.165) is 24.3 Å². The summed E-state index contributed by atoms with van der Waals surface area (Å²) in [5.41, 5.74) is 1.97. The van der Waals surface area contributed by atoms with E-state index in [1.807, 2.05) is 47.4 Å². The van der Waals surface area contributed by atoms with Crippen molar-refractivity contribution in [3.05, 3.63) is 53.1 Å². The third-order valence-electron chi connectivity index (χ3n) is 4.69. The maximum absolute atomic E-state index is 12.4. The minimum Gasteiger partial charge on any atom is -0.493 e. The summed E-state index contributed by atoms with van der Waals surface area (Å²) in [5.74, 6) is 1.41. The Morgan fingerprint density at radius 2 is 1.74 bits per heavy atom. The van der Waals surface area contributed by atoms with E-state index < -0.39 is 0 Å². The number of carbonyl (C=O) groups is 1. The van der Waals surface area contributed by atoms with Crippen LogP contribution in [0.5, 0.6) is 11.5 Å². The third kappa shape index (κ3) is 4.57. The molecule has 0 saturated carbocycles. The van der Waals surface area contributed by atoms with Gasteiger partial charge < -0.3 is 24.6 Å². The minimum atomic E-state index is -0.0677. The number of methoxy groups -OCH3 is 2. The van der Waals surface area contributed by atoms with E-state index in [-0.39, 0.29) is 6.03 Å². The maximum atomic E-state index is 12.4. The van der Waals surface area contributed by atoms with Gasteiger partial charge in [0.1, 0.15) is 0 Å². The Hall–Kier alpha value is -2.60. The normalized spacial score (nSPS) is 14.0.